The first kappa shape index (κ1) is 21.3. The molecule has 0 aliphatic carbocycles. The Balaban J connectivity index is 0.000000645. The van der Waals surface area contributed by atoms with E-state index in [1.807, 2.05) is 0 Å². The normalized spacial score (nSPS) is 13.5. The Morgan fingerprint density at radius 3 is 2.00 bits per heavy atom. The molecule has 0 bridgehead atoms. The molecule has 2 aliphatic heterocycles. The summed E-state index contributed by atoms with van der Waals surface area (Å²) in [7, 11) is 7.15. The molecule has 0 saturated carbocycles. The molecule has 0 aromatic heterocycles. The summed E-state index contributed by atoms with van der Waals surface area (Å²) in [4.78, 5) is 6.98. The molecular weight excluding hydrogens is 623 g/mol. The van der Waals surface area contributed by atoms with E-state index in [0.29, 0.717) is 9.47 Å². The second-order valence-electron chi connectivity index (χ2n) is 7.51. The Bertz CT molecular complexity index is 1070. The van der Waals surface area contributed by atoms with E-state index in [9.17, 15) is 0 Å². The van der Waals surface area contributed by atoms with E-state index in [1.54, 1.807) is 0 Å². The zero-order valence-corrected chi connectivity index (χ0v) is 22.7. The van der Waals surface area contributed by atoms with Gasteiger partial charge in [0.05, 0.1) is 22.7 Å². The van der Waals surface area contributed by atoms with Crippen LogP contribution in [0, 0.1) is 6.92 Å². The fourth-order valence-corrected chi connectivity index (χ4v) is 4.37. The van der Waals surface area contributed by atoms with Crippen molar-refractivity contribution < 1.29 is 9.47 Å². The average Bonchev–Trinajstić information content (AvgIpc) is 2.72. The molecule has 2 heterocycles. The Morgan fingerprint density at radius 2 is 1.24 bits per heavy atom. The van der Waals surface area contributed by atoms with E-state index in [-0.39, 0.29) is 0 Å². The predicted octanol–water partition coefficient (Wildman–Crippen LogP) is 7.29. The zero-order chi connectivity index (χ0) is 20.7. The molecule has 149 valence electrons. The summed E-state index contributed by atoms with van der Waals surface area (Å²) < 4.78 is 0. The molecule has 3 nitrogen and oxygen atoms in total. The van der Waals surface area contributed by atoms with Crippen LogP contribution in [0.15, 0.2) is 54.6 Å². The van der Waals surface area contributed by atoms with Gasteiger partial charge in [0.15, 0.2) is 0 Å². The number of benzene rings is 3. The van der Waals surface area contributed by atoms with E-state index in [2.05, 4.69) is 137 Å². The third-order valence-corrected chi connectivity index (χ3v) is 5.85. The van der Waals surface area contributed by atoms with Crippen LogP contribution in [0.4, 0.5) is 34.1 Å². The monoisotopic (exact) mass is 646 g/mol. The van der Waals surface area contributed by atoms with Crippen LogP contribution in [0.2, 0.25) is 0 Å². The first-order chi connectivity index (χ1) is 14.0. The average molecular weight is 646 g/mol. The Morgan fingerprint density at radius 1 is 0.655 bits per heavy atom. The van der Waals surface area contributed by atoms with Gasteiger partial charge < -0.3 is 14.7 Å². The summed E-state index contributed by atoms with van der Waals surface area (Å²) in [6, 6.07) is 20.1. The number of halogens is 2. The molecule has 0 saturated heterocycles. The van der Waals surface area contributed by atoms with Crippen LogP contribution in [0.5, 0.6) is 0 Å². The van der Waals surface area contributed by atoms with Gasteiger partial charge in [0.25, 0.3) is 0 Å². The van der Waals surface area contributed by atoms with Crippen molar-refractivity contribution in [3.05, 3.63) is 71.3 Å². The van der Waals surface area contributed by atoms with Gasteiger partial charge in [-0.25, -0.2) is 0 Å². The standard InChI is InChI=1S/C23H23N3.2HI.V/c1-15-9-10-19-21(11-15)26(4)22-13-17-12-16-7-5-6-8-18(16)24(2)20(17)14-23(22)25(19)3;;;/h5-11,13-14H,12H2,1-4H3;2*1H;/q;;;+2/p-2. The van der Waals surface area contributed by atoms with Crippen LogP contribution >= 0.6 is 40.0 Å². The fourth-order valence-electron chi connectivity index (χ4n) is 4.37. The molecule has 6 heteroatoms. The minimum absolute atomic E-state index is 0.628. The van der Waals surface area contributed by atoms with Crippen molar-refractivity contribution in [1.29, 1.82) is 0 Å². The van der Waals surface area contributed by atoms with Crippen LogP contribution in [0.3, 0.4) is 0 Å². The molecule has 0 fully saturated rings. The SMILES string of the molecule is Cc1ccc2c(c1)N(C)c1cc3c(cc1N2C)N(C)c1ccccc1C3.[I][V][I]. The number of para-hydroxylation sites is 1. The zero-order valence-electron chi connectivity index (χ0n) is 16.9. The number of hydrogen-bond acceptors (Lipinski definition) is 3. The maximum atomic E-state index is 2.37. The molecule has 29 heavy (non-hydrogen) atoms. The number of hydrogen-bond donors (Lipinski definition) is 0. The van der Waals surface area contributed by atoms with Gasteiger partial charge in [-0.05, 0) is 53.9 Å². The van der Waals surface area contributed by atoms with Crippen LogP contribution in [-0.4, -0.2) is 21.1 Å². The van der Waals surface area contributed by atoms with Gasteiger partial charge in [-0.2, -0.15) is 0 Å². The van der Waals surface area contributed by atoms with Crippen LogP contribution in [0.1, 0.15) is 16.7 Å². The fraction of sp³-hybridized carbons (Fsp3) is 0.217. The van der Waals surface area contributed by atoms with Gasteiger partial charge in [0.2, 0.25) is 0 Å². The quantitative estimate of drug-likeness (QED) is 0.238. The summed E-state index contributed by atoms with van der Waals surface area (Å²) in [6.07, 6.45) is 0.987. The van der Waals surface area contributed by atoms with Crippen molar-refractivity contribution in [3.63, 3.8) is 0 Å². The molecule has 3 aromatic rings. The summed E-state index contributed by atoms with van der Waals surface area (Å²) in [5.74, 6) is 0. The topological polar surface area (TPSA) is 9.72 Å². The summed E-state index contributed by atoms with van der Waals surface area (Å²) in [5.41, 5.74) is 11.7. The second kappa shape index (κ2) is 8.69. The van der Waals surface area contributed by atoms with E-state index in [4.69, 9.17) is 0 Å². The van der Waals surface area contributed by atoms with Gasteiger partial charge in [-0.3, -0.25) is 0 Å². The van der Waals surface area contributed by atoms with Gasteiger partial charge in [0, 0.05) is 38.9 Å². The third-order valence-electron chi connectivity index (χ3n) is 5.85. The maximum absolute atomic E-state index is 2.37. The van der Waals surface area contributed by atoms with E-state index in [1.165, 1.54) is 50.8 Å². The van der Waals surface area contributed by atoms with Crippen LogP contribution in [-0.2, 0) is 15.9 Å². The Labute approximate surface area is 202 Å². The summed E-state index contributed by atoms with van der Waals surface area (Å²) in [5, 5.41) is 0. The molecule has 0 spiro atoms. The van der Waals surface area contributed by atoms with Crippen molar-refractivity contribution in [2.45, 2.75) is 13.3 Å². The van der Waals surface area contributed by atoms with Crippen molar-refractivity contribution in [3.8, 4) is 0 Å². The second-order valence-corrected chi connectivity index (χ2v) is 19.3. The molecule has 0 unspecified atom stereocenters. The molecular formula is C23H23I2N3V. The van der Waals surface area contributed by atoms with Gasteiger partial charge >= 0.3 is 49.4 Å². The Kier molecular flexibility index (Phi) is 6.39. The van der Waals surface area contributed by atoms with Crippen LogP contribution in [0.25, 0.3) is 0 Å². The third kappa shape index (κ3) is 3.79. The first-order valence-corrected chi connectivity index (χ1v) is 18.5. The summed E-state index contributed by atoms with van der Waals surface area (Å²) in [6.45, 7) is 2.16. The number of rotatable bonds is 0. The minimum atomic E-state index is 0.628. The predicted molar refractivity (Wildman–Crippen MR) is 139 cm³/mol. The van der Waals surface area contributed by atoms with Crippen molar-refractivity contribution in [2.75, 3.05) is 35.8 Å². The van der Waals surface area contributed by atoms with Crippen LogP contribution < -0.4 is 14.7 Å². The molecule has 0 radical (unpaired) electrons. The Hall–Kier alpha value is -0.896. The molecule has 2 aliphatic rings. The van der Waals surface area contributed by atoms with Crippen molar-refractivity contribution in [2.24, 2.45) is 0 Å². The number of fused-ring (bicyclic) bond motifs is 4. The number of aryl methyl sites for hydroxylation is 1. The number of nitrogens with zero attached hydrogens (tertiary/aromatic N) is 3. The van der Waals surface area contributed by atoms with Gasteiger partial charge in [-0.15, -0.1) is 0 Å². The molecule has 0 amide bonds. The van der Waals surface area contributed by atoms with E-state index >= 15 is 0 Å². The van der Waals surface area contributed by atoms with Crippen molar-refractivity contribution in [1.82, 2.24) is 0 Å². The molecule has 3 aromatic carbocycles. The van der Waals surface area contributed by atoms with E-state index in [0.717, 1.165) is 6.42 Å². The molecule has 5 rings (SSSR count). The molecule has 0 N–H and O–H groups in total. The number of anilines is 6. The van der Waals surface area contributed by atoms with Gasteiger partial charge in [0.1, 0.15) is 0 Å². The molecule has 0 atom stereocenters. The van der Waals surface area contributed by atoms with E-state index < -0.39 is 0 Å². The first-order valence-electron chi connectivity index (χ1n) is 9.45. The van der Waals surface area contributed by atoms with Crippen molar-refractivity contribution >= 4 is 74.1 Å². The van der Waals surface area contributed by atoms with Gasteiger partial charge in [-0.1, -0.05) is 24.3 Å². The summed E-state index contributed by atoms with van der Waals surface area (Å²) >= 11 is 4.74.